The molecule has 0 aromatic heterocycles. The van der Waals surface area contributed by atoms with E-state index in [1.165, 1.54) is 5.32 Å². The highest BCUT2D eigenvalue weighted by atomic mass is 19.4. The van der Waals surface area contributed by atoms with Gasteiger partial charge in [-0.1, -0.05) is 0 Å². The summed E-state index contributed by atoms with van der Waals surface area (Å²) in [5.41, 5.74) is -5.23. The maximum atomic E-state index is 12.7. The Morgan fingerprint density at radius 2 is 1.50 bits per heavy atom. The van der Waals surface area contributed by atoms with E-state index in [9.17, 15) is 36.3 Å². The number of hydrogen-bond acceptors (Lipinski definition) is 3. The second kappa shape index (κ2) is 5.74. The number of anilines is 1. The standard InChI is InChI=1S/C11H10F6N2O3/c1-9(10(12,13)14,11(15,16)17)8(20)18-6-2-4-7(5-3-6)19(21)22/h2-5,19,21H,1H3,(H,18,20). The summed E-state index contributed by atoms with van der Waals surface area (Å²) in [6, 6.07) is 3.62. The molecule has 22 heavy (non-hydrogen) atoms. The number of halogens is 6. The number of amides is 1. The fourth-order valence-corrected chi connectivity index (χ4v) is 1.37. The van der Waals surface area contributed by atoms with Gasteiger partial charge in [0.25, 0.3) is 0 Å². The summed E-state index contributed by atoms with van der Waals surface area (Å²) in [6.07, 6.45) is -11.7. The number of nitrogens with one attached hydrogen (secondary N) is 2. The van der Waals surface area contributed by atoms with Gasteiger partial charge in [-0.05, 0) is 19.1 Å². The number of carbonyl (C=O) groups excluding carboxylic acids is 1. The van der Waals surface area contributed by atoms with E-state index >= 15 is 0 Å². The molecule has 0 fully saturated rings. The maximum absolute atomic E-state index is 12.7. The molecule has 1 amide bonds. The lowest BCUT2D eigenvalue weighted by Gasteiger charge is -2.32. The third-order valence-corrected chi connectivity index (χ3v) is 2.98. The molecule has 1 aromatic rings. The lowest BCUT2D eigenvalue weighted by Crippen LogP contribution is -2.99. The van der Waals surface area contributed by atoms with Gasteiger partial charge in [0, 0.05) is 17.8 Å². The Bertz CT molecular complexity index is 524. The van der Waals surface area contributed by atoms with Crippen molar-refractivity contribution in [3.63, 3.8) is 0 Å². The molecule has 11 heteroatoms. The van der Waals surface area contributed by atoms with E-state index < -0.39 is 34.6 Å². The minimum absolute atomic E-state index is 0.243. The predicted octanol–water partition coefficient (Wildman–Crippen LogP) is 2.16. The van der Waals surface area contributed by atoms with Crippen molar-refractivity contribution in [2.75, 3.05) is 5.32 Å². The molecule has 5 nitrogen and oxygen atoms in total. The first kappa shape index (κ1) is 18.2. The van der Waals surface area contributed by atoms with Crippen molar-refractivity contribution in [3.8, 4) is 0 Å². The summed E-state index contributed by atoms with van der Waals surface area (Å²) in [5, 5.41) is 19.3. The van der Waals surface area contributed by atoms with Gasteiger partial charge >= 0.3 is 12.4 Å². The molecule has 0 spiro atoms. The number of quaternary nitrogens is 1. The van der Waals surface area contributed by atoms with E-state index in [2.05, 4.69) is 0 Å². The minimum atomic E-state index is -5.85. The second-order valence-corrected chi connectivity index (χ2v) is 4.46. The van der Waals surface area contributed by atoms with Crippen molar-refractivity contribution in [1.82, 2.24) is 0 Å². The molecule has 1 rings (SSSR count). The van der Waals surface area contributed by atoms with E-state index in [1.807, 2.05) is 0 Å². The molecule has 3 N–H and O–H groups in total. The summed E-state index contributed by atoms with van der Waals surface area (Å²) in [4.78, 5) is 11.5. The molecule has 0 aliphatic heterocycles. The molecule has 0 saturated carbocycles. The van der Waals surface area contributed by atoms with Gasteiger partial charge in [-0.2, -0.15) is 31.6 Å². The molecule has 0 bridgehead atoms. The molecular weight excluding hydrogens is 322 g/mol. The van der Waals surface area contributed by atoms with Crippen molar-refractivity contribution in [1.29, 1.82) is 0 Å². The van der Waals surface area contributed by atoms with Gasteiger partial charge in [-0.25, -0.2) is 5.21 Å². The first-order chi connectivity index (χ1) is 9.80. The molecule has 0 heterocycles. The van der Waals surface area contributed by atoms with Gasteiger partial charge in [0.05, 0.1) is 0 Å². The molecule has 1 unspecified atom stereocenters. The van der Waals surface area contributed by atoms with E-state index in [4.69, 9.17) is 5.21 Å². The number of hydrogen-bond donors (Lipinski definition) is 3. The minimum Gasteiger partial charge on any atom is -0.595 e. The highest BCUT2D eigenvalue weighted by Crippen LogP contribution is 2.50. The Hall–Kier alpha value is -1.85. The van der Waals surface area contributed by atoms with Crippen molar-refractivity contribution in [2.24, 2.45) is 5.41 Å². The van der Waals surface area contributed by atoms with Crippen LogP contribution in [0, 0.1) is 10.6 Å². The number of rotatable bonds is 3. The lowest BCUT2D eigenvalue weighted by atomic mass is 9.87. The SMILES string of the molecule is CC(C(=O)Nc1ccc([NH+]([O-])O)cc1)(C(F)(F)F)C(F)(F)F. The van der Waals surface area contributed by atoms with Crippen LogP contribution in [0.1, 0.15) is 6.92 Å². The molecular formula is C11H10F6N2O3. The fraction of sp³-hybridized carbons (Fsp3) is 0.364. The normalized spacial score (nSPS) is 14.6. The number of benzene rings is 1. The Balaban J connectivity index is 3.08. The van der Waals surface area contributed by atoms with Crippen molar-refractivity contribution in [3.05, 3.63) is 29.5 Å². The Morgan fingerprint density at radius 3 is 1.82 bits per heavy atom. The molecule has 0 aliphatic carbocycles. The van der Waals surface area contributed by atoms with Crippen molar-refractivity contribution >= 4 is 17.3 Å². The average molecular weight is 332 g/mol. The Morgan fingerprint density at radius 1 is 1.09 bits per heavy atom. The first-order valence-corrected chi connectivity index (χ1v) is 5.59. The molecule has 0 saturated heterocycles. The van der Waals surface area contributed by atoms with Gasteiger partial charge in [-0.15, -0.1) is 0 Å². The van der Waals surface area contributed by atoms with Gasteiger partial charge in [0.2, 0.25) is 11.3 Å². The van der Waals surface area contributed by atoms with Crippen molar-refractivity contribution < 1.29 is 41.6 Å². The molecule has 124 valence electrons. The quantitative estimate of drug-likeness (QED) is 0.586. The number of alkyl halides is 6. The van der Waals surface area contributed by atoms with Crippen LogP contribution in [0.3, 0.4) is 0 Å². The lowest BCUT2D eigenvalue weighted by molar-refractivity contribution is -0.991. The van der Waals surface area contributed by atoms with E-state index in [0.29, 0.717) is 0 Å². The third-order valence-electron chi connectivity index (χ3n) is 2.98. The van der Waals surface area contributed by atoms with Crippen LogP contribution in [-0.2, 0) is 4.79 Å². The van der Waals surface area contributed by atoms with Crippen LogP contribution >= 0.6 is 0 Å². The summed E-state index contributed by atoms with van der Waals surface area (Å²) >= 11 is 0. The molecule has 1 aromatic carbocycles. The van der Waals surface area contributed by atoms with Crippen LogP contribution in [0.25, 0.3) is 0 Å². The zero-order valence-corrected chi connectivity index (χ0v) is 10.8. The largest absolute Gasteiger partial charge is 0.595 e. The Kier molecular flexibility index (Phi) is 4.75. The summed E-state index contributed by atoms with van der Waals surface area (Å²) in [7, 11) is 0. The van der Waals surface area contributed by atoms with Gasteiger partial charge in [0.15, 0.2) is 5.69 Å². The van der Waals surface area contributed by atoms with Gasteiger partial charge in [0.1, 0.15) is 0 Å². The number of carbonyl (C=O) groups is 1. The maximum Gasteiger partial charge on any atom is 0.411 e. The average Bonchev–Trinajstić information content (AvgIpc) is 2.35. The summed E-state index contributed by atoms with van der Waals surface area (Å²) in [5.74, 6) is -2.31. The summed E-state index contributed by atoms with van der Waals surface area (Å²) < 4.78 is 76.0. The van der Waals surface area contributed by atoms with Crippen LogP contribution in [0.4, 0.5) is 37.7 Å². The van der Waals surface area contributed by atoms with Crippen LogP contribution < -0.4 is 10.5 Å². The highest BCUT2D eigenvalue weighted by molar-refractivity contribution is 5.96. The topological polar surface area (TPSA) is 76.8 Å². The smallest absolute Gasteiger partial charge is 0.411 e. The van der Waals surface area contributed by atoms with Crippen LogP contribution in [0.15, 0.2) is 24.3 Å². The third kappa shape index (κ3) is 3.31. The van der Waals surface area contributed by atoms with Gasteiger partial charge in [-0.3, -0.25) is 4.79 Å². The van der Waals surface area contributed by atoms with Crippen LogP contribution in [-0.4, -0.2) is 23.5 Å². The molecule has 1 atom stereocenters. The predicted molar refractivity (Wildman–Crippen MR) is 61.1 cm³/mol. The van der Waals surface area contributed by atoms with E-state index in [0.717, 1.165) is 24.3 Å². The first-order valence-electron chi connectivity index (χ1n) is 5.59. The second-order valence-electron chi connectivity index (χ2n) is 4.46. The monoisotopic (exact) mass is 332 g/mol. The van der Waals surface area contributed by atoms with E-state index in [-0.39, 0.29) is 12.6 Å². The van der Waals surface area contributed by atoms with Gasteiger partial charge < -0.3 is 10.5 Å². The summed E-state index contributed by atoms with van der Waals surface area (Å²) in [6.45, 7) is -0.270. The van der Waals surface area contributed by atoms with Crippen molar-refractivity contribution in [2.45, 2.75) is 19.3 Å². The highest BCUT2D eigenvalue weighted by Gasteiger charge is 2.72. The zero-order valence-electron chi connectivity index (χ0n) is 10.8. The fourth-order valence-electron chi connectivity index (χ4n) is 1.37. The van der Waals surface area contributed by atoms with E-state index in [1.54, 1.807) is 0 Å². The Labute approximate surface area is 119 Å². The zero-order chi connectivity index (χ0) is 17.3. The van der Waals surface area contributed by atoms with Crippen LogP contribution in [0.5, 0.6) is 0 Å². The molecule has 0 aliphatic rings. The van der Waals surface area contributed by atoms with Crippen LogP contribution in [0.2, 0.25) is 0 Å². The molecule has 0 radical (unpaired) electrons.